The molecule has 36 heavy (non-hydrogen) atoms. The first-order valence-corrected chi connectivity index (χ1v) is 12.4. The molecule has 1 saturated heterocycles. The summed E-state index contributed by atoms with van der Waals surface area (Å²) in [5.74, 6) is 0.0212. The van der Waals surface area contributed by atoms with E-state index in [0.29, 0.717) is 30.2 Å². The minimum atomic E-state index is -0.396. The third kappa shape index (κ3) is 5.80. The molecule has 10 nitrogen and oxygen atoms in total. The van der Waals surface area contributed by atoms with Gasteiger partial charge in [0.25, 0.3) is 5.91 Å². The Morgan fingerprint density at radius 1 is 1.14 bits per heavy atom. The number of carbonyl (C=O) groups is 2. The molecular formula is C25H28BrN7O3. The highest BCUT2D eigenvalue weighted by molar-refractivity contribution is 9.10. The second kappa shape index (κ2) is 11.4. The molecule has 1 fully saturated rings. The Balaban J connectivity index is 0.000000187. The van der Waals surface area contributed by atoms with Crippen LogP contribution in [0.2, 0.25) is 0 Å². The van der Waals surface area contributed by atoms with Crippen molar-refractivity contribution in [2.45, 2.75) is 25.7 Å². The predicted octanol–water partition coefficient (Wildman–Crippen LogP) is 2.73. The fourth-order valence-corrected chi connectivity index (χ4v) is 4.36. The summed E-state index contributed by atoms with van der Waals surface area (Å²) in [6.07, 6.45) is 8.66. The van der Waals surface area contributed by atoms with Gasteiger partial charge in [0.15, 0.2) is 5.65 Å². The molecule has 11 heteroatoms. The van der Waals surface area contributed by atoms with Crippen LogP contribution in [0.15, 0.2) is 59.6 Å². The number of aliphatic hydroxyl groups is 1. The number of nitrogens with one attached hydrogen (secondary N) is 1. The highest BCUT2D eigenvalue weighted by Gasteiger charge is 2.24. The lowest BCUT2D eigenvalue weighted by Crippen LogP contribution is -2.39. The standard InChI is InChI=1S/C17H21N3O2.C8H7BrN4O/c1-13-2-4-15(5-3-13)20-11-8-16(18-20)14-6-9-19(10-7-14)17(22)12-21;1-10-8(14)6-3-12-13-4-5(9)2-11-7(6)13/h2-5,8,11,14,21H,6-7,9-10,12H2,1H3;2-4H,1H3,(H,10,14). The van der Waals surface area contributed by atoms with E-state index in [2.05, 4.69) is 73.7 Å². The van der Waals surface area contributed by atoms with Crippen molar-refractivity contribution in [3.05, 3.63) is 76.4 Å². The number of amides is 2. The molecule has 0 saturated carbocycles. The Kier molecular flexibility index (Phi) is 8.11. The lowest BCUT2D eigenvalue weighted by Gasteiger charge is -2.30. The number of aliphatic hydroxyl groups excluding tert-OH is 1. The molecule has 1 aromatic carbocycles. The fourth-order valence-electron chi connectivity index (χ4n) is 4.07. The number of rotatable bonds is 4. The molecule has 1 aliphatic rings. The highest BCUT2D eigenvalue weighted by atomic mass is 79.9. The Morgan fingerprint density at radius 3 is 2.53 bits per heavy atom. The Hall–Kier alpha value is -3.57. The minimum absolute atomic E-state index is 0.177. The van der Waals surface area contributed by atoms with Crippen LogP contribution in [-0.4, -0.2) is 72.9 Å². The van der Waals surface area contributed by atoms with Gasteiger partial charge in [0.2, 0.25) is 5.91 Å². The largest absolute Gasteiger partial charge is 0.387 e. The van der Waals surface area contributed by atoms with Crippen molar-refractivity contribution < 1.29 is 14.7 Å². The van der Waals surface area contributed by atoms with E-state index in [-0.39, 0.29) is 11.8 Å². The maximum Gasteiger partial charge on any atom is 0.256 e. The third-order valence-corrected chi connectivity index (χ3v) is 6.52. The molecule has 5 rings (SSSR count). The topological polar surface area (TPSA) is 118 Å². The van der Waals surface area contributed by atoms with E-state index in [4.69, 9.17) is 5.11 Å². The molecule has 3 aromatic heterocycles. The Labute approximate surface area is 217 Å². The molecule has 4 aromatic rings. The summed E-state index contributed by atoms with van der Waals surface area (Å²) in [5.41, 5.74) is 4.39. The van der Waals surface area contributed by atoms with Crippen molar-refractivity contribution in [2.24, 2.45) is 0 Å². The van der Waals surface area contributed by atoms with Crippen molar-refractivity contribution in [1.82, 2.24) is 34.6 Å². The summed E-state index contributed by atoms with van der Waals surface area (Å²) >= 11 is 3.27. The van der Waals surface area contributed by atoms with Gasteiger partial charge < -0.3 is 15.3 Å². The molecule has 4 heterocycles. The highest BCUT2D eigenvalue weighted by Crippen LogP contribution is 2.27. The predicted molar refractivity (Wildman–Crippen MR) is 138 cm³/mol. The zero-order chi connectivity index (χ0) is 25.7. The van der Waals surface area contributed by atoms with E-state index in [1.54, 1.807) is 28.9 Å². The van der Waals surface area contributed by atoms with Gasteiger partial charge in [-0.15, -0.1) is 0 Å². The summed E-state index contributed by atoms with van der Waals surface area (Å²) < 4.78 is 4.27. The lowest BCUT2D eigenvalue weighted by atomic mass is 9.94. The van der Waals surface area contributed by atoms with E-state index in [1.165, 1.54) is 11.8 Å². The number of halogens is 1. The van der Waals surface area contributed by atoms with Crippen molar-refractivity contribution in [3.63, 3.8) is 0 Å². The van der Waals surface area contributed by atoms with Crippen molar-refractivity contribution in [3.8, 4) is 5.69 Å². The van der Waals surface area contributed by atoms with Gasteiger partial charge in [-0.2, -0.15) is 10.2 Å². The number of nitrogens with zero attached hydrogens (tertiary/aromatic N) is 6. The fraction of sp³-hybridized carbons (Fsp3) is 0.320. The van der Waals surface area contributed by atoms with E-state index < -0.39 is 6.61 Å². The van der Waals surface area contributed by atoms with Gasteiger partial charge in [-0.1, -0.05) is 17.7 Å². The van der Waals surface area contributed by atoms with E-state index >= 15 is 0 Å². The monoisotopic (exact) mass is 553 g/mol. The van der Waals surface area contributed by atoms with Crippen molar-refractivity contribution in [2.75, 3.05) is 26.7 Å². The van der Waals surface area contributed by atoms with Crippen LogP contribution in [-0.2, 0) is 4.79 Å². The van der Waals surface area contributed by atoms with Crippen LogP contribution in [0.1, 0.15) is 40.4 Å². The molecule has 0 atom stereocenters. The zero-order valence-corrected chi connectivity index (χ0v) is 21.7. The van der Waals surface area contributed by atoms with Gasteiger partial charge in [0.1, 0.15) is 12.2 Å². The van der Waals surface area contributed by atoms with Crippen LogP contribution in [0.25, 0.3) is 11.3 Å². The van der Waals surface area contributed by atoms with Crippen LogP contribution >= 0.6 is 15.9 Å². The number of aryl methyl sites for hydroxylation is 1. The van der Waals surface area contributed by atoms with Crippen LogP contribution in [0.3, 0.4) is 0 Å². The smallest absolute Gasteiger partial charge is 0.256 e. The zero-order valence-electron chi connectivity index (χ0n) is 20.1. The second-order valence-electron chi connectivity index (χ2n) is 8.51. The van der Waals surface area contributed by atoms with Gasteiger partial charge in [0, 0.05) is 44.6 Å². The van der Waals surface area contributed by atoms with Crippen LogP contribution in [0, 0.1) is 6.92 Å². The first-order chi connectivity index (χ1) is 17.4. The molecule has 0 unspecified atom stereocenters. The molecule has 0 bridgehead atoms. The third-order valence-electron chi connectivity index (χ3n) is 6.11. The average Bonchev–Trinajstić information content (AvgIpc) is 3.56. The molecule has 188 valence electrons. The second-order valence-corrected chi connectivity index (χ2v) is 9.43. The number of aromatic nitrogens is 5. The summed E-state index contributed by atoms with van der Waals surface area (Å²) in [6, 6.07) is 10.3. The lowest BCUT2D eigenvalue weighted by molar-refractivity contribution is -0.135. The van der Waals surface area contributed by atoms with Gasteiger partial charge in [-0.25, -0.2) is 14.2 Å². The number of benzene rings is 1. The number of fused-ring (bicyclic) bond motifs is 1. The molecule has 0 spiro atoms. The first-order valence-electron chi connectivity index (χ1n) is 11.6. The van der Waals surface area contributed by atoms with Crippen LogP contribution in [0.5, 0.6) is 0 Å². The molecule has 0 radical (unpaired) electrons. The molecule has 0 aliphatic carbocycles. The van der Waals surface area contributed by atoms with Crippen molar-refractivity contribution >= 4 is 33.4 Å². The van der Waals surface area contributed by atoms with Crippen molar-refractivity contribution in [1.29, 1.82) is 0 Å². The first kappa shape index (κ1) is 25.5. The Morgan fingerprint density at radius 2 is 1.86 bits per heavy atom. The van der Waals surface area contributed by atoms with Crippen LogP contribution in [0.4, 0.5) is 0 Å². The maximum atomic E-state index is 11.5. The molecule has 1 aliphatic heterocycles. The number of likely N-dealkylation sites (tertiary alicyclic amines) is 1. The number of hydrogen-bond acceptors (Lipinski definition) is 6. The van der Waals surface area contributed by atoms with Gasteiger partial charge in [-0.05, 0) is 53.9 Å². The normalized spacial score (nSPS) is 13.8. The Bertz CT molecular complexity index is 1340. The van der Waals surface area contributed by atoms with Gasteiger partial charge in [-0.3, -0.25) is 9.59 Å². The summed E-state index contributed by atoms with van der Waals surface area (Å²) in [5, 5.41) is 20.1. The quantitative estimate of drug-likeness (QED) is 0.401. The average molecular weight is 554 g/mol. The molecule has 2 N–H and O–H groups in total. The van der Waals surface area contributed by atoms with E-state index in [9.17, 15) is 9.59 Å². The number of carbonyl (C=O) groups excluding carboxylic acids is 2. The van der Waals surface area contributed by atoms with Gasteiger partial charge >= 0.3 is 0 Å². The number of piperidine rings is 1. The summed E-state index contributed by atoms with van der Waals surface area (Å²) in [4.78, 5) is 28.7. The SMILES string of the molecule is CNC(=O)c1cnn2cc(Br)cnc12.Cc1ccc(-n2ccc(C3CCN(C(=O)CO)CC3)n2)cc1. The van der Waals surface area contributed by atoms with E-state index in [1.807, 2.05) is 10.9 Å². The van der Waals surface area contributed by atoms with E-state index in [0.717, 1.165) is 28.7 Å². The summed E-state index contributed by atoms with van der Waals surface area (Å²) in [7, 11) is 1.57. The van der Waals surface area contributed by atoms with Crippen LogP contribution < -0.4 is 5.32 Å². The number of hydrogen-bond donors (Lipinski definition) is 2. The summed E-state index contributed by atoms with van der Waals surface area (Å²) in [6.45, 7) is 3.06. The minimum Gasteiger partial charge on any atom is -0.387 e. The molecular weight excluding hydrogens is 526 g/mol. The maximum absolute atomic E-state index is 11.5. The molecule has 2 amide bonds. The van der Waals surface area contributed by atoms with Gasteiger partial charge in [0.05, 0.1) is 22.1 Å².